The zero-order chi connectivity index (χ0) is 16.8. The number of hydrogen-bond donors (Lipinski definition) is 3. The third kappa shape index (κ3) is 11.4. The van der Waals surface area contributed by atoms with Crippen LogP contribution in [0.4, 0.5) is 0 Å². The van der Waals surface area contributed by atoms with Crippen LogP contribution in [0.5, 0.6) is 0 Å². The van der Waals surface area contributed by atoms with E-state index in [0.29, 0.717) is 0 Å². The van der Waals surface area contributed by atoms with Gasteiger partial charge in [-0.3, -0.25) is 30.0 Å². The summed E-state index contributed by atoms with van der Waals surface area (Å²) in [6.07, 6.45) is 8.88. The van der Waals surface area contributed by atoms with Crippen molar-refractivity contribution >= 4 is 9.53 Å². The van der Waals surface area contributed by atoms with E-state index < -0.39 is 9.53 Å². The Morgan fingerprint density at radius 2 is 0.955 bits per heavy atom. The molecule has 3 N–H and O–H groups in total. The van der Waals surface area contributed by atoms with Crippen LogP contribution >= 0.6 is 0 Å². The van der Waals surface area contributed by atoms with E-state index in [9.17, 15) is 0 Å². The van der Waals surface area contributed by atoms with Gasteiger partial charge in [-0.15, -0.1) is 0 Å². The highest BCUT2D eigenvalue weighted by Crippen LogP contribution is 1.97. The maximum absolute atomic E-state index is 5.51. The van der Waals surface area contributed by atoms with E-state index in [1.54, 1.807) is 0 Å². The Morgan fingerprint density at radius 1 is 0.682 bits per heavy atom. The normalized spacial score (nSPS) is 14.7. The lowest BCUT2D eigenvalue weighted by molar-refractivity contribution is 0.0137. The first-order chi connectivity index (χ1) is 10.5. The van der Waals surface area contributed by atoms with Gasteiger partial charge in [0.1, 0.15) is 0 Å². The van der Waals surface area contributed by atoms with Crippen molar-refractivity contribution in [3.63, 3.8) is 0 Å². The van der Waals surface area contributed by atoms with Crippen molar-refractivity contribution in [1.29, 1.82) is 0 Å². The molecule has 0 rings (SSSR count). The fourth-order valence-electron chi connectivity index (χ4n) is 1.54. The van der Waals surface area contributed by atoms with E-state index in [-0.39, 0.29) is 0 Å². The molecule has 0 aromatic rings. The molecule has 0 aliphatic carbocycles. The van der Waals surface area contributed by atoms with Gasteiger partial charge in [-0.25, -0.2) is 0 Å². The molecule has 0 radical (unpaired) electrons. The summed E-state index contributed by atoms with van der Waals surface area (Å²) in [6.45, 7) is 12.0. The number of allylic oxidation sites excluding steroid dienone is 6. The highest BCUT2D eigenvalue weighted by molar-refractivity contribution is 6.35. The van der Waals surface area contributed by atoms with Gasteiger partial charge >= 0.3 is 9.53 Å². The first-order valence-electron chi connectivity index (χ1n) is 7.78. The van der Waals surface area contributed by atoms with E-state index in [2.05, 4.69) is 37.2 Å². The Bertz CT molecular complexity index is 327. The van der Waals surface area contributed by atoms with Gasteiger partial charge in [0.2, 0.25) is 0 Å². The molecule has 7 heteroatoms. The third-order valence-corrected chi connectivity index (χ3v) is 3.41. The lowest BCUT2D eigenvalue weighted by Gasteiger charge is -2.19. The predicted molar refractivity (Wildman–Crippen MR) is 92.0 cm³/mol. The topological polar surface area (TPSA) is 63.8 Å². The minimum atomic E-state index is -2.43. The third-order valence-electron chi connectivity index (χ3n) is 2.48. The molecule has 0 aliphatic rings. The van der Waals surface area contributed by atoms with Crippen molar-refractivity contribution in [3.05, 3.63) is 35.3 Å². The van der Waals surface area contributed by atoms with E-state index in [1.807, 2.05) is 39.0 Å². The number of rotatable bonds is 12. The summed E-state index contributed by atoms with van der Waals surface area (Å²) in [5, 5.41) is 0. The summed E-state index contributed by atoms with van der Waals surface area (Å²) < 4.78 is 16.5. The van der Waals surface area contributed by atoms with Crippen LogP contribution in [-0.4, -0.2) is 9.53 Å². The molecule has 0 amide bonds. The zero-order valence-corrected chi connectivity index (χ0v) is 15.8. The fraction of sp³-hybridized carbons (Fsp3) is 0.600. The molecule has 0 bridgehead atoms. The minimum Gasteiger partial charge on any atom is -0.279 e. The molecule has 0 saturated carbocycles. The van der Waals surface area contributed by atoms with Crippen LogP contribution in [0.1, 0.15) is 60.8 Å². The molecule has 6 nitrogen and oxygen atoms in total. The Hall–Kier alpha value is -1.28. The molecule has 128 valence electrons. The SMILES string of the molecule is CCC=C(C)NO[SiH](ONC(C)=CCC)ONC(C)=CCC. The maximum Gasteiger partial charge on any atom is 0.550 e. The average Bonchev–Trinajstić information content (AvgIpc) is 2.47. The summed E-state index contributed by atoms with van der Waals surface area (Å²) in [7, 11) is -2.43. The Kier molecular flexibility index (Phi) is 12.6. The summed E-state index contributed by atoms with van der Waals surface area (Å²) in [6, 6.07) is 0. The molecule has 0 aliphatic heterocycles. The summed E-state index contributed by atoms with van der Waals surface area (Å²) in [5.41, 5.74) is 11.3. The van der Waals surface area contributed by atoms with E-state index >= 15 is 0 Å². The van der Waals surface area contributed by atoms with Crippen molar-refractivity contribution in [3.8, 4) is 0 Å². The second kappa shape index (κ2) is 13.4. The van der Waals surface area contributed by atoms with Crippen LogP contribution in [-0.2, 0) is 13.6 Å². The van der Waals surface area contributed by atoms with E-state index in [0.717, 1.165) is 36.4 Å². The van der Waals surface area contributed by atoms with Gasteiger partial charge in [0, 0.05) is 17.1 Å². The molecular weight excluding hydrogens is 298 g/mol. The van der Waals surface area contributed by atoms with Crippen LogP contribution in [0.15, 0.2) is 35.3 Å². The Morgan fingerprint density at radius 3 is 1.18 bits per heavy atom. The summed E-state index contributed by atoms with van der Waals surface area (Å²) >= 11 is 0. The summed E-state index contributed by atoms with van der Waals surface area (Å²) in [5.74, 6) is 0. The molecule has 0 aromatic heterocycles. The van der Waals surface area contributed by atoms with Crippen LogP contribution in [0, 0.1) is 0 Å². The molecule has 0 aromatic carbocycles. The second-order valence-electron chi connectivity index (χ2n) is 4.83. The Labute approximate surface area is 136 Å². The lowest BCUT2D eigenvalue weighted by Crippen LogP contribution is -2.40. The number of hydroxylamine groups is 3. The van der Waals surface area contributed by atoms with Gasteiger partial charge in [-0.1, -0.05) is 39.0 Å². The molecule has 0 saturated heterocycles. The number of hydrogen-bond acceptors (Lipinski definition) is 6. The Balaban J connectivity index is 4.45. The van der Waals surface area contributed by atoms with Gasteiger partial charge in [-0.2, -0.15) is 0 Å². The van der Waals surface area contributed by atoms with E-state index in [4.69, 9.17) is 13.6 Å². The van der Waals surface area contributed by atoms with Crippen molar-refractivity contribution in [1.82, 2.24) is 16.4 Å². The lowest BCUT2D eigenvalue weighted by atomic mass is 10.4. The first kappa shape index (κ1) is 20.7. The molecule has 0 atom stereocenters. The maximum atomic E-state index is 5.51. The van der Waals surface area contributed by atoms with E-state index in [1.165, 1.54) is 0 Å². The highest BCUT2D eigenvalue weighted by atomic mass is 28.3. The fourth-order valence-corrected chi connectivity index (χ4v) is 2.53. The molecule has 22 heavy (non-hydrogen) atoms. The van der Waals surface area contributed by atoms with Crippen LogP contribution in [0.3, 0.4) is 0 Å². The quantitative estimate of drug-likeness (QED) is 0.377. The van der Waals surface area contributed by atoms with Crippen molar-refractivity contribution < 1.29 is 13.6 Å². The zero-order valence-electron chi connectivity index (χ0n) is 14.7. The van der Waals surface area contributed by atoms with Gasteiger partial charge < -0.3 is 0 Å². The van der Waals surface area contributed by atoms with Gasteiger partial charge in [-0.05, 0) is 40.0 Å². The molecule has 0 heterocycles. The van der Waals surface area contributed by atoms with Crippen molar-refractivity contribution in [2.75, 3.05) is 0 Å². The smallest absolute Gasteiger partial charge is 0.279 e. The molecule has 0 spiro atoms. The van der Waals surface area contributed by atoms with Gasteiger partial charge in [0.05, 0.1) is 0 Å². The average molecular weight is 330 g/mol. The van der Waals surface area contributed by atoms with Crippen LogP contribution in [0.25, 0.3) is 0 Å². The second-order valence-corrected chi connectivity index (χ2v) is 6.12. The number of nitrogens with one attached hydrogen (secondary N) is 3. The van der Waals surface area contributed by atoms with Crippen molar-refractivity contribution in [2.24, 2.45) is 0 Å². The monoisotopic (exact) mass is 329 g/mol. The molecular formula is C15H31N3O3Si. The molecule has 0 fully saturated rings. The molecule has 0 unspecified atom stereocenters. The minimum absolute atomic E-state index is 0.925. The van der Waals surface area contributed by atoms with Crippen LogP contribution in [0.2, 0.25) is 0 Å². The predicted octanol–water partition coefficient (Wildman–Crippen LogP) is 3.21. The highest BCUT2D eigenvalue weighted by Gasteiger charge is 2.18. The standard InChI is InChI=1S/C15H31N3O3Si/c1-7-10-13(4)16-19-22(20-17-14(5)11-8-2)21-18-15(6)12-9-3/h10-12,16-18,22H,7-9H2,1-6H3. The van der Waals surface area contributed by atoms with Crippen molar-refractivity contribution in [2.45, 2.75) is 60.8 Å². The largest absolute Gasteiger partial charge is 0.550 e. The van der Waals surface area contributed by atoms with Gasteiger partial charge in [0.15, 0.2) is 0 Å². The summed E-state index contributed by atoms with van der Waals surface area (Å²) in [4.78, 5) is 0. The van der Waals surface area contributed by atoms with Gasteiger partial charge in [0.25, 0.3) is 0 Å². The first-order valence-corrected chi connectivity index (χ1v) is 9.20. The van der Waals surface area contributed by atoms with Crippen LogP contribution < -0.4 is 16.4 Å².